The van der Waals surface area contributed by atoms with Gasteiger partial charge in [0.15, 0.2) is 0 Å². The summed E-state index contributed by atoms with van der Waals surface area (Å²) < 4.78 is 10.7. The average Bonchev–Trinajstić information content (AvgIpc) is 3.00. The third kappa shape index (κ3) is 6.07. The summed E-state index contributed by atoms with van der Waals surface area (Å²) >= 11 is 1.07. The van der Waals surface area contributed by atoms with Crippen molar-refractivity contribution in [3.63, 3.8) is 0 Å². The first-order chi connectivity index (χ1) is 14.2. The number of esters is 1. The largest absolute Gasteiger partial charge is 0.494 e. The van der Waals surface area contributed by atoms with Crippen LogP contribution in [0.2, 0.25) is 0 Å². The minimum absolute atomic E-state index is 0.0895. The van der Waals surface area contributed by atoms with Crippen molar-refractivity contribution < 1.29 is 19.1 Å². The highest BCUT2D eigenvalue weighted by atomic mass is 32.1. The molecule has 1 N–H and O–H groups in total. The fourth-order valence-corrected chi connectivity index (χ4v) is 3.86. The zero-order valence-electron chi connectivity index (χ0n) is 18.1. The number of hydrogen-bond donors (Lipinski definition) is 1. The van der Waals surface area contributed by atoms with Crippen molar-refractivity contribution in [2.45, 2.75) is 52.9 Å². The van der Waals surface area contributed by atoms with Crippen LogP contribution in [-0.2, 0) is 14.9 Å². The number of amides is 1. The van der Waals surface area contributed by atoms with Gasteiger partial charge in [-0.15, -0.1) is 11.3 Å². The second-order valence-electron chi connectivity index (χ2n) is 7.87. The molecule has 0 bridgehead atoms. The van der Waals surface area contributed by atoms with Crippen LogP contribution in [0.25, 0.3) is 0 Å². The Kier molecular flexibility index (Phi) is 8.01. The zero-order chi connectivity index (χ0) is 22.3. The van der Waals surface area contributed by atoms with Crippen LogP contribution < -0.4 is 10.1 Å². The van der Waals surface area contributed by atoms with Crippen molar-refractivity contribution in [3.05, 3.63) is 45.8 Å². The number of benzene rings is 1. The summed E-state index contributed by atoms with van der Waals surface area (Å²) in [6.45, 7) is 10.5. The lowest BCUT2D eigenvalue weighted by atomic mass is 9.87. The SMILES string of the molecule is CCOC(=O)c1sc(NC(=O)CCCOc2ccc(C(C)(C)C)cc2)c(C#N)c1C. The standard InChI is InChI=1S/C23H28N2O4S/c1-6-28-22(27)20-15(2)18(14-24)21(30-20)25-19(26)8-7-13-29-17-11-9-16(10-12-17)23(3,4)5/h9-12H,6-8,13H2,1-5H3,(H,25,26). The topological polar surface area (TPSA) is 88.4 Å². The first-order valence-corrected chi connectivity index (χ1v) is 10.7. The number of nitrogens with zero attached hydrogens (tertiary/aromatic N) is 1. The summed E-state index contributed by atoms with van der Waals surface area (Å²) in [7, 11) is 0. The van der Waals surface area contributed by atoms with Crippen LogP contribution in [0.1, 0.15) is 66.9 Å². The van der Waals surface area contributed by atoms with E-state index in [1.54, 1.807) is 13.8 Å². The summed E-state index contributed by atoms with van der Waals surface area (Å²) in [5, 5.41) is 12.5. The van der Waals surface area contributed by atoms with E-state index in [1.165, 1.54) is 5.56 Å². The number of rotatable bonds is 8. The van der Waals surface area contributed by atoms with Gasteiger partial charge in [-0.05, 0) is 48.9 Å². The predicted octanol–water partition coefficient (Wildman–Crippen LogP) is 5.20. The van der Waals surface area contributed by atoms with E-state index in [0.717, 1.165) is 17.1 Å². The van der Waals surface area contributed by atoms with Crippen molar-refractivity contribution in [1.29, 1.82) is 5.26 Å². The molecular weight excluding hydrogens is 400 g/mol. The van der Waals surface area contributed by atoms with Crippen LogP contribution >= 0.6 is 11.3 Å². The van der Waals surface area contributed by atoms with E-state index in [4.69, 9.17) is 9.47 Å². The number of carbonyl (C=O) groups is 2. The molecule has 6 nitrogen and oxygen atoms in total. The molecule has 30 heavy (non-hydrogen) atoms. The normalized spacial score (nSPS) is 10.9. The first-order valence-electron chi connectivity index (χ1n) is 9.91. The van der Waals surface area contributed by atoms with Crippen molar-refractivity contribution >= 4 is 28.2 Å². The summed E-state index contributed by atoms with van der Waals surface area (Å²) in [5.41, 5.74) is 2.15. The van der Waals surface area contributed by atoms with Crippen LogP contribution in [0.15, 0.2) is 24.3 Å². The van der Waals surface area contributed by atoms with Gasteiger partial charge < -0.3 is 14.8 Å². The van der Waals surface area contributed by atoms with Crippen LogP contribution in [0.3, 0.4) is 0 Å². The number of hydrogen-bond acceptors (Lipinski definition) is 6. The smallest absolute Gasteiger partial charge is 0.348 e. The second-order valence-corrected chi connectivity index (χ2v) is 8.89. The number of thiophene rings is 1. The lowest BCUT2D eigenvalue weighted by Crippen LogP contribution is -2.13. The van der Waals surface area contributed by atoms with Crippen LogP contribution in [0.4, 0.5) is 5.00 Å². The van der Waals surface area contributed by atoms with Crippen molar-refractivity contribution in [3.8, 4) is 11.8 Å². The van der Waals surface area contributed by atoms with Gasteiger partial charge in [0, 0.05) is 6.42 Å². The molecule has 1 aromatic carbocycles. The molecule has 0 aliphatic carbocycles. The molecule has 0 fully saturated rings. The van der Waals surface area contributed by atoms with Gasteiger partial charge in [-0.3, -0.25) is 4.79 Å². The van der Waals surface area contributed by atoms with Gasteiger partial charge >= 0.3 is 5.97 Å². The van der Waals surface area contributed by atoms with Crippen LogP contribution in [0.5, 0.6) is 5.75 Å². The monoisotopic (exact) mass is 428 g/mol. The van der Waals surface area contributed by atoms with Gasteiger partial charge in [0.1, 0.15) is 21.7 Å². The Bertz CT molecular complexity index is 934. The maximum atomic E-state index is 12.3. The van der Waals surface area contributed by atoms with E-state index < -0.39 is 5.97 Å². The average molecular weight is 429 g/mol. The molecule has 0 radical (unpaired) electrons. The van der Waals surface area contributed by atoms with Gasteiger partial charge in [0.2, 0.25) is 5.91 Å². The molecule has 1 amide bonds. The van der Waals surface area contributed by atoms with E-state index in [1.807, 2.05) is 24.3 Å². The number of nitrogens with one attached hydrogen (secondary N) is 1. The van der Waals surface area contributed by atoms with Crippen LogP contribution in [0, 0.1) is 18.3 Å². The van der Waals surface area contributed by atoms with E-state index in [9.17, 15) is 14.9 Å². The first kappa shape index (κ1) is 23.4. The van der Waals surface area contributed by atoms with Gasteiger partial charge in [0.05, 0.1) is 18.8 Å². The molecule has 0 saturated heterocycles. The molecule has 1 heterocycles. The Morgan fingerprint density at radius 3 is 2.43 bits per heavy atom. The lowest BCUT2D eigenvalue weighted by molar-refractivity contribution is -0.116. The lowest BCUT2D eigenvalue weighted by Gasteiger charge is -2.19. The zero-order valence-corrected chi connectivity index (χ0v) is 18.9. The molecule has 2 rings (SSSR count). The number of carbonyl (C=O) groups excluding carboxylic acids is 2. The van der Waals surface area contributed by atoms with E-state index in [2.05, 4.69) is 32.2 Å². The number of nitriles is 1. The highest BCUT2D eigenvalue weighted by Crippen LogP contribution is 2.33. The minimum Gasteiger partial charge on any atom is -0.494 e. The fraction of sp³-hybridized carbons (Fsp3) is 0.435. The molecule has 0 spiro atoms. The molecular formula is C23H28N2O4S. The highest BCUT2D eigenvalue weighted by molar-refractivity contribution is 7.18. The van der Waals surface area contributed by atoms with Gasteiger partial charge in [-0.1, -0.05) is 32.9 Å². The van der Waals surface area contributed by atoms with Crippen molar-refractivity contribution in [2.24, 2.45) is 0 Å². The van der Waals surface area contributed by atoms with Crippen molar-refractivity contribution in [1.82, 2.24) is 0 Å². The molecule has 0 saturated carbocycles. The molecule has 0 aliphatic heterocycles. The summed E-state index contributed by atoms with van der Waals surface area (Å²) in [6, 6.07) is 10.0. The quantitative estimate of drug-likeness (QED) is 0.461. The molecule has 7 heteroatoms. The highest BCUT2D eigenvalue weighted by Gasteiger charge is 2.22. The Balaban J connectivity index is 1.87. The maximum Gasteiger partial charge on any atom is 0.348 e. The second kappa shape index (κ2) is 10.3. The maximum absolute atomic E-state index is 12.3. The van der Waals surface area contributed by atoms with Gasteiger partial charge in [-0.2, -0.15) is 5.26 Å². The summed E-state index contributed by atoms with van der Waals surface area (Å²) in [4.78, 5) is 24.6. The third-order valence-corrected chi connectivity index (χ3v) is 5.70. The van der Waals surface area contributed by atoms with Crippen LogP contribution in [-0.4, -0.2) is 25.1 Å². The molecule has 1 aromatic heterocycles. The van der Waals surface area contributed by atoms with Gasteiger partial charge in [0.25, 0.3) is 0 Å². The number of ether oxygens (including phenoxy) is 2. The summed E-state index contributed by atoms with van der Waals surface area (Å²) in [5.74, 6) is 0.0563. The molecule has 0 unspecified atom stereocenters. The van der Waals surface area contributed by atoms with E-state index >= 15 is 0 Å². The Morgan fingerprint density at radius 1 is 1.20 bits per heavy atom. The molecule has 160 valence electrons. The fourth-order valence-electron chi connectivity index (χ4n) is 2.79. The number of anilines is 1. The van der Waals surface area contributed by atoms with Gasteiger partial charge in [-0.25, -0.2) is 4.79 Å². The Labute approximate surface area is 181 Å². The predicted molar refractivity (Wildman–Crippen MR) is 118 cm³/mol. The Morgan fingerprint density at radius 2 is 1.87 bits per heavy atom. The van der Waals surface area contributed by atoms with Crippen molar-refractivity contribution in [2.75, 3.05) is 18.5 Å². The third-order valence-electron chi connectivity index (χ3n) is 4.51. The minimum atomic E-state index is -0.483. The van der Waals surface area contributed by atoms with E-state index in [0.29, 0.717) is 34.0 Å². The molecule has 0 aliphatic rings. The molecule has 0 atom stereocenters. The Hall–Kier alpha value is -2.85. The molecule has 2 aromatic rings. The summed E-state index contributed by atoms with van der Waals surface area (Å²) in [6.07, 6.45) is 0.778. The van der Waals surface area contributed by atoms with E-state index in [-0.39, 0.29) is 24.3 Å².